The molecule has 8 heterocycles. The first-order valence-corrected chi connectivity index (χ1v) is 48.7. The molecule has 4 unspecified atom stereocenters. The van der Waals surface area contributed by atoms with Gasteiger partial charge in [0, 0.05) is 97.1 Å². The summed E-state index contributed by atoms with van der Waals surface area (Å²) in [5, 5.41) is 25.7. The number of carbonyl (C=O) groups excluding carboxylic acids is 13. The van der Waals surface area contributed by atoms with Gasteiger partial charge in [-0.1, -0.05) is 67.3 Å². The Kier molecular flexibility index (Phi) is 34.3. The molecule has 38 heteroatoms. The number of para-hydroxylation sites is 2. The first kappa shape index (κ1) is 101. The first-order chi connectivity index (χ1) is 69.9. The fourth-order valence-corrected chi connectivity index (χ4v) is 20.0. The number of nitrogens with zero attached hydrogens (tertiary/aromatic N) is 6. The van der Waals surface area contributed by atoms with Crippen molar-refractivity contribution in [3.8, 4) is 0 Å². The molecule has 10 aliphatic rings. The summed E-state index contributed by atoms with van der Waals surface area (Å²) in [6.07, 6.45) is 14.5. The number of aromatic nitrogens is 2. The van der Waals surface area contributed by atoms with Crippen LogP contribution in [-0.2, 0) is 98.8 Å². The molecule has 4 saturated heterocycles. The van der Waals surface area contributed by atoms with Gasteiger partial charge in [-0.25, -0.2) is 0 Å². The maximum Gasteiger partial charge on any atom is 0.264 e. The number of fused-ring (bicyclic) bond motifs is 14. The van der Waals surface area contributed by atoms with Crippen LogP contribution >= 0.6 is 0 Å². The zero-order valence-corrected chi connectivity index (χ0v) is 79.2. The molecule has 2 aromatic heterocycles. The van der Waals surface area contributed by atoms with Crippen LogP contribution < -0.4 is 52.3 Å². The lowest BCUT2D eigenvalue weighted by Crippen LogP contribution is -2.54. The van der Waals surface area contributed by atoms with Gasteiger partial charge in [-0.15, -0.1) is 0 Å². The number of carbonyl (C=O) groups is 13. The van der Waals surface area contributed by atoms with Crippen LogP contribution in [0.2, 0.25) is 0 Å². The van der Waals surface area contributed by atoms with Gasteiger partial charge in [0.2, 0.25) is 41.4 Å². The SMILES string of the molecule is C=C1CCC(N2C(=O)c3cccc(NCCOCCOCCOCCOCCOCCOCCNCc4ccnc5c(NC(=O)c6ccc(N7C(=O)[C@@H]8[C@H](C7=O)C7C=C[C@H]8C7)cc6)cccc45)c3C2=O)C(=O)N1.O=C1CCC(N2C(=O)c3cccc(NCCOCCOCCOCCOCCOCCNCc4ccnc5c(NC(=O)c6ccc(N7C(=O)[C@@H]8[C@H](C7=O)C7C=C[C@H]8C7)cc6)cccc45)c3C2=O)C(=O)N1. The van der Waals surface area contributed by atoms with Gasteiger partial charge in [0.25, 0.3) is 35.4 Å². The average molecular weight is 1960 g/mol. The van der Waals surface area contributed by atoms with Gasteiger partial charge in [-0.2, -0.15) is 0 Å². The van der Waals surface area contributed by atoms with Crippen LogP contribution in [0.3, 0.4) is 0 Å². The van der Waals surface area contributed by atoms with Gasteiger partial charge in [0.05, 0.1) is 225 Å². The van der Waals surface area contributed by atoms with E-state index in [1.165, 1.54) is 9.80 Å². The second-order valence-corrected chi connectivity index (χ2v) is 35.8. The van der Waals surface area contributed by atoms with Gasteiger partial charge in [0.15, 0.2) is 0 Å². The summed E-state index contributed by atoms with van der Waals surface area (Å²) in [4.78, 5) is 182. The van der Waals surface area contributed by atoms with E-state index in [-0.39, 0.29) is 118 Å². The van der Waals surface area contributed by atoms with E-state index < -0.39 is 53.4 Å². The standard InChI is InChI=1S/C54H61N7O12.C51H55N7O12/c1-34-8-15-44(50(63)58-34)61-51(64)41-5-3-6-42(47(41)54(61)67)56-19-21-69-23-25-71-27-29-73-31-30-72-28-26-70-24-22-68-20-18-55-33-38-16-17-57-48-40(38)4-2-7-43(48)59-49(62)35-11-13-39(14-12-35)60-52(65)45-36-9-10-37(32-36)46(45)53(60)66;59-41-14-13-40(47(61)56-41)58-48(62)37-4-2-5-38(44(37)51(58)65)53-18-20-67-22-24-69-26-28-70-27-25-68-23-21-66-19-17-52-30-34-15-16-54-45-36(34)3-1-6-39(45)55-46(60)31-9-11-35(12-10-31)57-49(63)42-32-7-8-33(29-32)43(42)50(57)64/h2-7,9-14,16-17,36-37,44-46,55-56H,1,8,15,18-33H2,(H,58,63)(H,59,62);1-12,15-16,32-33,40,42-43,52-53H,13-14,17-30H2,(H,55,60)(H,56,59,61)/t36-,37?,44?,45-,46+;32-,33?,40?,42-,43+/m00/s1. The van der Waals surface area contributed by atoms with Gasteiger partial charge in [-0.3, -0.25) is 97.2 Å². The number of hydrogen-bond donors (Lipinski definition) is 8. The summed E-state index contributed by atoms with van der Waals surface area (Å²) in [5.74, 6) is -5.41. The molecular formula is C105H116N14O24. The van der Waals surface area contributed by atoms with Crippen molar-refractivity contribution >= 4 is 133 Å². The van der Waals surface area contributed by atoms with E-state index in [1.54, 1.807) is 103 Å². The van der Waals surface area contributed by atoms with Crippen LogP contribution in [0.1, 0.15) is 112 Å². The number of piperidine rings is 2. The van der Waals surface area contributed by atoms with Crippen molar-refractivity contribution in [2.45, 2.75) is 63.7 Å². The Bertz CT molecular complexity index is 6080. The third-order valence-electron chi connectivity index (χ3n) is 26.9. The van der Waals surface area contributed by atoms with Crippen LogP contribution in [0, 0.1) is 47.3 Å². The Hall–Kier alpha value is -13.5. The molecule has 8 aromatic rings. The molecule has 18 rings (SSSR count). The van der Waals surface area contributed by atoms with Gasteiger partial charge < -0.3 is 89.3 Å². The molecule has 8 N–H and O–H groups in total. The van der Waals surface area contributed by atoms with E-state index in [1.807, 2.05) is 42.5 Å². The number of ether oxygens (including phenoxy) is 11. The second-order valence-electron chi connectivity index (χ2n) is 35.8. The summed E-state index contributed by atoms with van der Waals surface area (Å²) in [7, 11) is 0. The zero-order chi connectivity index (χ0) is 99.2. The number of pyridine rings is 2. The van der Waals surface area contributed by atoms with Crippen molar-refractivity contribution in [3.05, 3.63) is 227 Å². The zero-order valence-electron chi connectivity index (χ0n) is 79.2. The number of hydrogen-bond acceptors (Lipinski definition) is 30. The van der Waals surface area contributed by atoms with E-state index in [4.69, 9.17) is 52.1 Å². The normalized spacial score (nSPS) is 21.1. The highest BCUT2D eigenvalue weighted by Gasteiger charge is 2.61. The Morgan fingerprint density at radius 3 is 1.03 bits per heavy atom. The Labute approximate surface area is 824 Å². The van der Waals surface area contributed by atoms with E-state index in [0.717, 1.165) is 44.5 Å². The maximum atomic E-state index is 13.4. The fraction of sp³-hybridized carbons (Fsp3) is 0.419. The lowest BCUT2D eigenvalue weighted by atomic mass is 9.85. The molecule has 10 atom stereocenters. The minimum Gasteiger partial charge on any atom is -0.382 e. The average Bonchev–Trinajstić information content (AvgIpc) is 1.56. The summed E-state index contributed by atoms with van der Waals surface area (Å²) in [6.45, 7) is 16.0. The number of benzene rings is 6. The molecule has 0 spiro atoms. The Balaban J connectivity index is 0.000000197. The molecular weight excluding hydrogens is 1840 g/mol. The van der Waals surface area contributed by atoms with E-state index in [0.29, 0.717) is 259 Å². The van der Waals surface area contributed by atoms with Crippen LogP contribution in [0.15, 0.2) is 182 Å². The summed E-state index contributed by atoms with van der Waals surface area (Å²) in [6, 6.07) is 36.4. The smallest absolute Gasteiger partial charge is 0.264 e. The third-order valence-corrected chi connectivity index (χ3v) is 26.9. The van der Waals surface area contributed by atoms with Crippen molar-refractivity contribution in [1.82, 2.24) is 41.0 Å². The molecule has 143 heavy (non-hydrogen) atoms. The maximum absolute atomic E-state index is 13.4. The van der Waals surface area contributed by atoms with E-state index >= 15 is 0 Å². The number of nitrogens with one attached hydrogen (secondary N) is 8. The summed E-state index contributed by atoms with van der Waals surface area (Å²) >= 11 is 0. The first-order valence-electron chi connectivity index (χ1n) is 48.7. The lowest BCUT2D eigenvalue weighted by Gasteiger charge is -2.29. The Morgan fingerprint density at radius 2 is 0.678 bits per heavy atom. The molecule has 750 valence electrons. The molecule has 6 aliphatic heterocycles. The third kappa shape index (κ3) is 23.6. The van der Waals surface area contributed by atoms with Crippen molar-refractivity contribution < 1.29 is 114 Å². The largest absolute Gasteiger partial charge is 0.382 e. The molecule has 2 saturated carbocycles. The van der Waals surface area contributed by atoms with Crippen molar-refractivity contribution in [2.75, 3.05) is 203 Å². The summed E-state index contributed by atoms with van der Waals surface area (Å²) in [5.41, 5.74) is 8.77. The Morgan fingerprint density at radius 1 is 0.357 bits per heavy atom. The lowest BCUT2D eigenvalue weighted by molar-refractivity contribution is -0.136. The molecule has 6 aromatic carbocycles. The predicted molar refractivity (Wildman–Crippen MR) is 522 cm³/mol. The molecule has 4 aliphatic carbocycles. The van der Waals surface area contributed by atoms with Crippen LogP contribution in [0.4, 0.5) is 34.1 Å². The van der Waals surface area contributed by atoms with E-state index in [9.17, 15) is 62.3 Å². The predicted octanol–water partition coefficient (Wildman–Crippen LogP) is 7.97. The van der Waals surface area contributed by atoms with Gasteiger partial charge in [0.1, 0.15) is 12.1 Å². The second kappa shape index (κ2) is 48.5. The molecule has 0 radical (unpaired) electrons. The minimum absolute atomic E-state index is 0.0557. The number of imide groups is 5. The number of allylic oxidation sites excluding steroid dienone is 5. The van der Waals surface area contributed by atoms with Gasteiger partial charge >= 0.3 is 0 Å². The van der Waals surface area contributed by atoms with Crippen molar-refractivity contribution in [1.29, 1.82) is 0 Å². The highest BCUT2D eigenvalue weighted by atomic mass is 16.6. The number of anilines is 6. The fourth-order valence-electron chi connectivity index (χ4n) is 20.0. The summed E-state index contributed by atoms with van der Waals surface area (Å²) < 4.78 is 61.8. The molecule has 4 bridgehead atoms. The van der Waals surface area contributed by atoms with Crippen LogP contribution in [0.25, 0.3) is 21.8 Å². The number of amides is 13. The van der Waals surface area contributed by atoms with Gasteiger partial charge in [-0.05, 0) is 164 Å². The van der Waals surface area contributed by atoms with Crippen LogP contribution in [0.5, 0.6) is 0 Å². The highest BCUT2D eigenvalue weighted by molar-refractivity contribution is 6.28. The minimum atomic E-state index is -1.02. The monoisotopic (exact) mass is 1960 g/mol. The van der Waals surface area contributed by atoms with Crippen LogP contribution in [-0.4, -0.2) is 280 Å². The highest BCUT2D eigenvalue weighted by Crippen LogP contribution is 2.55. The van der Waals surface area contributed by atoms with Crippen molar-refractivity contribution in [2.24, 2.45) is 47.3 Å². The molecule has 6 fully saturated rings. The number of rotatable bonds is 53. The van der Waals surface area contributed by atoms with E-state index in [2.05, 4.69) is 83.4 Å². The van der Waals surface area contributed by atoms with Crippen molar-refractivity contribution in [3.63, 3.8) is 0 Å². The molecule has 13 amide bonds. The topological polar surface area (TPSA) is 458 Å². The molecule has 38 nitrogen and oxygen atoms in total. The quantitative estimate of drug-likeness (QED) is 0.0102.